The average Bonchev–Trinajstić information content (AvgIpc) is 2.30. The van der Waals surface area contributed by atoms with Crippen LogP contribution in [0.5, 0.6) is 0 Å². The van der Waals surface area contributed by atoms with Gasteiger partial charge in [-0.3, -0.25) is 0 Å². The molecule has 1 aliphatic heterocycles. The van der Waals surface area contributed by atoms with Gasteiger partial charge < -0.3 is 25.2 Å². The Morgan fingerprint density at radius 3 is 1.45 bits per heavy atom. The zero-order chi connectivity index (χ0) is 8.43. The van der Waals surface area contributed by atoms with E-state index in [1.54, 1.807) is 0 Å². The maximum absolute atomic E-state index is 9.11. The molecule has 1 fully saturated rings. The Labute approximate surface area is 63.8 Å². The maximum atomic E-state index is 9.11. The van der Waals surface area contributed by atoms with Gasteiger partial charge in [0.15, 0.2) is 0 Å². The van der Waals surface area contributed by atoms with E-state index in [1.165, 1.54) is 0 Å². The van der Waals surface area contributed by atoms with Crippen LogP contribution in [0, 0.1) is 0 Å². The van der Waals surface area contributed by atoms with Crippen molar-refractivity contribution < 1.29 is 25.2 Å². The molecule has 0 aromatic carbocycles. The van der Waals surface area contributed by atoms with Crippen molar-refractivity contribution in [2.24, 2.45) is 0 Å². The third-order valence-corrected chi connectivity index (χ3v) is 1.82. The average molecular weight is 164 g/mol. The predicted octanol–water partition coefficient (Wildman–Crippen LogP) is -2.54. The van der Waals surface area contributed by atoms with Gasteiger partial charge in [0, 0.05) is 0 Å². The van der Waals surface area contributed by atoms with Crippen LogP contribution in [-0.4, -0.2) is 58.1 Å². The van der Waals surface area contributed by atoms with Crippen molar-refractivity contribution in [3.05, 3.63) is 0 Å². The smallest absolute Gasteiger partial charge is 0.111 e. The summed E-state index contributed by atoms with van der Waals surface area (Å²) in [6.45, 7) is -0.705. The Kier molecular flexibility index (Phi) is 2.80. The zero-order valence-electron chi connectivity index (χ0n) is 5.92. The molecule has 1 saturated heterocycles. The largest absolute Gasteiger partial charge is 0.394 e. The van der Waals surface area contributed by atoms with Gasteiger partial charge in [-0.05, 0) is 0 Å². The minimum absolute atomic E-state index is 0.352. The van der Waals surface area contributed by atoms with E-state index in [0.717, 1.165) is 0 Å². The first-order chi connectivity index (χ1) is 5.20. The number of hydrogen-bond acceptors (Lipinski definition) is 5. The van der Waals surface area contributed by atoms with Gasteiger partial charge in [-0.15, -0.1) is 0 Å². The monoisotopic (exact) mass is 164 g/mol. The first-order valence-corrected chi connectivity index (χ1v) is 3.44. The maximum Gasteiger partial charge on any atom is 0.111 e. The van der Waals surface area contributed by atoms with E-state index in [2.05, 4.69) is 0 Å². The lowest BCUT2D eigenvalue weighted by atomic mass is 10.1. The van der Waals surface area contributed by atoms with Gasteiger partial charge in [-0.2, -0.15) is 0 Å². The lowest BCUT2D eigenvalue weighted by Crippen LogP contribution is -2.34. The fourth-order valence-electron chi connectivity index (χ4n) is 1.13. The van der Waals surface area contributed by atoms with Crippen LogP contribution in [-0.2, 0) is 4.74 Å². The molecule has 5 heteroatoms. The summed E-state index contributed by atoms with van der Waals surface area (Å²) in [5.74, 6) is 0. The fourth-order valence-corrected chi connectivity index (χ4v) is 1.13. The molecule has 5 nitrogen and oxygen atoms in total. The van der Waals surface area contributed by atoms with E-state index in [4.69, 9.17) is 25.2 Å². The van der Waals surface area contributed by atoms with Gasteiger partial charge in [0.2, 0.25) is 0 Å². The number of rotatable bonds is 2. The van der Waals surface area contributed by atoms with Gasteiger partial charge in [-0.1, -0.05) is 0 Å². The Bertz CT molecular complexity index is 110. The molecule has 0 spiro atoms. The van der Waals surface area contributed by atoms with E-state index in [9.17, 15) is 0 Å². The second kappa shape index (κ2) is 3.46. The van der Waals surface area contributed by atoms with Crippen molar-refractivity contribution in [3.63, 3.8) is 0 Å². The lowest BCUT2D eigenvalue weighted by Gasteiger charge is -2.10. The Balaban J connectivity index is 2.53. The summed E-state index contributed by atoms with van der Waals surface area (Å²) in [7, 11) is 0. The fraction of sp³-hybridized carbons (Fsp3) is 1.00. The molecule has 4 atom stereocenters. The summed E-state index contributed by atoms with van der Waals surface area (Å²) in [6, 6.07) is 0. The highest BCUT2D eigenvalue weighted by molar-refractivity contribution is 4.89. The zero-order valence-corrected chi connectivity index (χ0v) is 5.92. The molecule has 0 aliphatic carbocycles. The Morgan fingerprint density at radius 2 is 1.27 bits per heavy atom. The molecular weight excluding hydrogens is 152 g/mol. The summed E-state index contributed by atoms with van der Waals surface area (Å²) >= 11 is 0. The summed E-state index contributed by atoms with van der Waals surface area (Å²) in [4.78, 5) is 0. The van der Waals surface area contributed by atoms with E-state index in [0.29, 0.717) is 0 Å². The molecule has 66 valence electrons. The van der Waals surface area contributed by atoms with Gasteiger partial charge >= 0.3 is 0 Å². The van der Waals surface area contributed by atoms with Gasteiger partial charge in [0.25, 0.3) is 0 Å². The summed E-state index contributed by atoms with van der Waals surface area (Å²) in [5, 5.41) is 35.4. The van der Waals surface area contributed by atoms with E-state index in [-0.39, 0.29) is 13.2 Å². The molecular formula is C6H12O5. The number of aliphatic hydroxyl groups is 4. The molecule has 4 N–H and O–H groups in total. The first-order valence-electron chi connectivity index (χ1n) is 3.44. The van der Waals surface area contributed by atoms with Gasteiger partial charge in [0.05, 0.1) is 13.2 Å². The molecule has 0 radical (unpaired) electrons. The number of hydrogen-bond donors (Lipinski definition) is 4. The van der Waals surface area contributed by atoms with Crippen molar-refractivity contribution in [2.45, 2.75) is 24.4 Å². The molecule has 1 rings (SSSR count). The molecule has 0 aromatic rings. The Hall–Kier alpha value is -0.200. The second-order valence-electron chi connectivity index (χ2n) is 2.56. The summed E-state index contributed by atoms with van der Waals surface area (Å²) in [5.41, 5.74) is 0. The van der Waals surface area contributed by atoms with E-state index in [1.807, 2.05) is 0 Å². The van der Waals surface area contributed by atoms with Crippen LogP contribution in [0.15, 0.2) is 0 Å². The highest BCUT2D eigenvalue weighted by Gasteiger charge is 2.41. The third-order valence-electron chi connectivity index (χ3n) is 1.82. The van der Waals surface area contributed by atoms with Crippen LogP contribution >= 0.6 is 0 Å². The van der Waals surface area contributed by atoms with Crippen molar-refractivity contribution in [3.8, 4) is 0 Å². The summed E-state index contributed by atoms with van der Waals surface area (Å²) < 4.78 is 4.88. The molecule has 0 aromatic heterocycles. The minimum atomic E-state index is -1.10. The molecule has 0 amide bonds. The van der Waals surface area contributed by atoms with Crippen LogP contribution in [0.4, 0.5) is 0 Å². The topological polar surface area (TPSA) is 90.2 Å². The molecule has 0 saturated carbocycles. The Morgan fingerprint density at radius 1 is 0.909 bits per heavy atom. The minimum Gasteiger partial charge on any atom is -0.394 e. The molecule has 1 heterocycles. The van der Waals surface area contributed by atoms with E-state index >= 15 is 0 Å². The standard InChI is InChI=1S/C6H12O5/c7-1-3-5(9)6(10)4(2-8)11-3/h3-10H,1-2H2/t3-,4-,5-,6-/m1/s1. The lowest BCUT2D eigenvalue weighted by molar-refractivity contribution is -0.0395. The molecule has 0 unspecified atom stereocenters. The molecule has 1 aliphatic rings. The van der Waals surface area contributed by atoms with E-state index < -0.39 is 24.4 Å². The first kappa shape index (κ1) is 8.89. The van der Waals surface area contributed by atoms with Crippen LogP contribution in [0.1, 0.15) is 0 Å². The van der Waals surface area contributed by atoms with Crippen molar-refractivity contribution in [1.29, 1.82) is 0 Å². The number of aliphatic hydroxyl groups excluding tert-OH is 4. The van der Waals surface area contributed by atoms with Crippen LogP contribution in [0.3, 0.4) is 0 Å². The quantitative estimate of drug-likeness (QED) is 0.361. The van der Waals surface area contributed by atoms with Crippen molar-refractivity contribution in [2.75, 3.05) is 13.2 Å². The third kappa shape index (κ3) is 1.52. The van der Waals surface area contributed by atoms with Crippen LogP contribution < -0.4 is 0 Å². The predicted molar refractivity (Wildman–Crippen MR) is 34.8 cm³/mol. The second-order valence-corrected chi connectivity index (χ2v) is 2.56. The SMILES string of the molecule is OC[C@H]1O[C@H](CO)[C@@H](O)[C@@H]1O. The van der Waals surface area contributed by atoms with Crippen molar-refractivity contribution in [1.82, 2.24) is 0 Å². The highest BCUT2D eigenvalue weighted by atomic mass is 16.6. The molecule has 11 heavy (non-hydrogen) atoms. The number of ether oxygens (including phenoxy) is 1. The molecule has 0 bridgehead atoms. The summed E-state index contributed by atoms with van der Waals surface area (Å²) in [6.07, 6.45) is -3.75. The normalized spacial score (nSPS) is 44.7. The van der Waals surface area contributed by atoms with Crippen LogP contribution in [0.25, 0.3) is 0 Å². The van der Waals surface area contributed by atoms with Crippen molar-refractivity contribution >= 4 is 0 Å². The van der Waals surface area contributed by atoms with Gasteiger partial charge in [0.1, 0.15) is 24.4 Å². The highest BCUT2D eigenvalue weighted by Crippen LogP contribution is 2.20. The van der Waals surface area contributed by atoms with Gasteiger partial charge in [-0.25, -0.2) is 0 Å². The van der Waals surface area contributed by atoms with Crippen LogP contribution in [0.2, 0.25) is 0 Å².